The number of benzene rings is 3. The van der Waals surface area contributed by atoms with Crippen LogP contribution in [0.2, 0.25) is 0 Å². The number of aromatic hydroxyl groups is 1. The first-order valence-corrected chi connectivity index (χ1v) is 16.5. The molecule has 3 aromatic carbocycles. The van der Waals surface area contributed by atoms with Crippen molar-refractivity contribution < 1.29 is 14.7 Å². The summed E-state index contributed by atoms with van der Waals surface area (Å²) >= 11 is 0. The zero-order valence-corrected chi connectivity index (χ0v) is 25.6. The number of fused-ring (bicyclic) bond motifs is 1. The minimum Gasteiger partial charge on any atom is -0.506 e. The fraction of sp³-hybridized carbons (Fsp3) is 0.395. The highest BCUT2D eigenvalue weighted by molar-refractivity contribution is 6.11. The summed E-state index contributed by atoms with van der Waals surface area (Å²) in [4.78, 5) is 35.2. The Morgan fingerprint density at radius 1 is 0.822 bits per heavy atom. The van der Waals surface area contributed by atoms with Gasteiger partial charge in [-0.2, -0.15) is 0 Å². The zero-order valence-electron chi connectivity index (χ0n) is 25.6. The van der Waals surface area contributed by atoms with Gasteiger partial charge in [0.2, 0.25) is 0 Å². The van der Waals surface area contributed by atoms with Gasteiger partial charge in [-0.15, -0.1) is 0 Å². The first-order chi connectivity index (χ1) is 21.9. The van der Waals surface area contributed by atoms with Crippen LogP contribution in [0.5, 0.6) is 5.75 Å². The van der Waals surface area contributed by atoms with Crippen LogP contribution in [-0.2, 0) is 0 Å². The molecule has 4 aliphatic carbocycles. The monoisotopic (exact) mass is 600 g/mol. The third-order valence-corrected chi connectivity index (χ3v) is 11.0. The summed E-state index contributed by atoms with van der Waals surface area (Å²) in [5, 5.41) is 15.1. The molecule has 4 aromatic rings. The third-order valence-electron chi connectivity index (χ3n) is 11.0. The van der Waals surface area contributed by atoms with E-state index in [9.17, 15) is 14.7 Å². The highest BCUT2D eigenvalue weighted by atomic mass is 16.3. The molecule has 1 aromatic heterocycles. The Morgan fingerprint density at radius 3 is 2.16 bits per heavy atom. The topological polar surface area (TPSA) is 85.8 Å². The van der Waals surface area contributed by atoms with E-state index in [1.807, 2.05) is 65.6 Å². The van der Waals surface area contributed by atoms with Crippen LogP contribution in [0.4, 0.5) is 5.69 Å². The molecule has 2 N–H and O–H groups in total. The first kappa shape index (κ1) is 28.1. The summed E-state index contributed by atoms with van der Waals surface area (Å²) < 4.78 is 0. The lowest BCUT2D eigenvalue weighted by Crippen LogP contribution is -2.51. The number of aromatic nitrogens is 1. The summed E-state index contributed by atoms with van der Waals surface area (Å²) in [7, 11) is 0. The van der Waals surface area contributed by atoms with E-state index in [1.54, 1.807) is 12.3 Å². The van der Waals surface area contributed by atoms with E-state index in [2.05, 4.69) is 15.2 Å². The quantitative estimate of drug-likeness (QED) is 0.263. The molecule has 2 heterocycles. The average molecular weight is 601 g/mol. The van der Waals surface area contributed by atoms with Crippen molar-refractivity contribution in [1.29, 1.82) is 0 Å². The Kier molecular flexibility index (Phi) is 7.00. The molecule has 5 fully saturated rings. The molecule has 45 heavy (non-hydrogen) atoms. The van der Waals surface area contributed by atoms with E-state index in [1.165, 1.54) is 44.7 Å². The third kappa shape index (κ3) is 5.32. The predicted molar refractivity (Wildman–Crippen MR) is 176 cm³/mol. The van der Waals surface area contributed by atoms with Crippen LogP contribution < -0.4 is 10.2 Å². The second kappa shape index (κ2) is 11.2. The molecular weight excluding hydrogens is 560 g/mol. The van der Waals surface area contributed by atoms with E-state index in [0.29, 0.717) is 29.6 Å². The second-order valence-electron chi connectivity index (χ2n) is 14.1. The number of hydrogen-bond donors (Lipinski definition) is 2. The summed E-state index contributed by atoms with van der Waals surface area (Å²) in [5.41, 5.74) is 4.55. The van der Waals surface area contributed by atoms with Crippen molar-refractivity contribution in [3.63, 3.8) is 0 Å². The highest BCUT2D eigenvalue weighted by Crippen LogP contribution is 2.59. The van der Waals surface area contributed by atoms with Crippen molar-refractivity contribution in [2.75, 3.05) is 37.6 Å². The van der Waals surface area contributed by atoms with Crippen LogP contribution >= 0.6 is 0 Å². The fourth-order valence-corrected chi connectivity index (χ4v) is 9.35. The lowest BCUT2D eigenvalue weighted by molar-refractivity contribution is -0.0503. The molecule has 4 saturated carbocycles. The van der Waals surface area contributed by atoms with Gasteiger partial charge >= 0.3 is 0 Å². The molecule has 4 bridgehead atoms. The van der Waals surface area contributed by atoms with Crippen molar-refractivity contribution in [3.05, 3.63) is 90.3 Å². The van der Waals surface area contributed by atoms with E-state index in [-0.39, 0.29) is 17.6 Å². The molecule has 230 valence electrons. The van der Waals surface area contributed by atoms with Gasteiger partial charge in [0.25, 0.3) is 11.8 Å². The smallest absolute Gasteiger partial charge is 0.254 e. The molecule has 0 spiro atoms. The van der Waals surface area contributed by atoms with Crippen molar-refractivity contribution in [2.45, 2.75) is 38.5 Å². The number of nitrogens with zero attached hydrogens (tertiary/aromatic N) is 3. The normalized spacial score (nSPS) is 25.5. The molecule has 0 radical (unpaired) electrons. The maximum atomic E-state index is 13.8. The van der Waals surface area contributed by atoms with Gasteiger partial charge in [-0.1, -0.05) is 30.3 Å². The Bertz CT molecular complexity index is 1720. The number of amides is 2. The van der Waals surface area contributed by atoms with Gasteiger partial charge in [-0.3, -0.25) is 14.6 Å². The number of nitrogens with one attached hydrogen (secondary N) is 1. The van der Waals surface area contributed by atoms with E-state index in [4.69, 9.17) is 0 Å². The Hall–Kier alpha value is -4.39. The largest absolute Gasteiger partial charge is 0.506 e. The molecule has 7 nitrogen and oxygen atoms in total. The lowest BCUT2D eigenvalue weighted by atomic mass is 9.49. The Labute approximate surface area is 264 Å². The number of piperazine rings is 1. The van der Waals surface area contributed by atoms with E-state index >= 15 is 0 Å². The van der Waals surface area contributed by atoms with Crippen LogP contribution in [0.25, 0.3) is 21.9 Å². The number of rotatable bonds is 6. The molecular formula is C38H40N4O3. The maximum absolute atomic E-state index is 13.8. The van der Waals surface area contributed by atoms with E-state index < -0.39 is 0 Å². The van der Waals surface area contributed by atoms with Crippen LogP contribution in [0, 0.1) is 23.2 Å². The summed E-state index contributed by atoms with van der Waals surface area (Å²) in [5.74, 6) is 2.83. The van der Waals surface area contributed by atoms with Crippen LogP contribution in [0.1, 0.15) is 59.2 Å². The average Bonchev–Trinajstić information content (AvgIpc) is 3.06. The Balaban J connectivity index is 0.900. The molecule has 0 unspecified atom stereocenters. The summed E-state index contributed by atoms with van der Waals surface area (Å²) in [6.45, 7) is 3.53. The lowest BCUT2D eigenvalue weighted by Gasteiger charge is -2.56. The van der Waals surface area contributed by atoms with Crippen molar-refractivity contribution in [2.24, 2.45) is 23.2 Å². The molecule has 1 aliphatic heterocycles. The number of anilines is 1. The standard InChI is InChI=1S/C38H40N4O3/c43-31-18-29(22-39-23-31)32-9-10-35(34-4-2-1-3-33(32)34)37(45)42-13-11-41(12-14-42)30-7-5-28(6-8-30)36(44)40-24-38-19-25-15-26(20-38)17-27(16-25)21-38/h1-10,18,22-23,25-27,43H,11-17,19-21,24H2,(H,40,44). The van der Waals surface area contributed by atoms with Gasteiger partial charge < -0.3 is 20.2 Å². The van der Waals surface area contributed by atoms with Crippen LogP contribution in [0.3, 0.4) is 0 Å². The fourth-order valence-electron chi connectivity index (χ4n) is 9.35. The van der Waals surface area contributed by atoms with Crippen LogP contribution in [0.15, 0.2) is 79.1 Å². The minimum absolute atomic E-state index is 0.0254. The zero-order chi connectivity index (χ0) is 30.5. The van der Waals surface area contributed by atoms with Gasteiger partial charge in [0, 0.05) is 61.3 Å². The van der Waals surface area contributed by atoms with E-state index in [0.717, 1.165) is 65.0 Å². The molecule has 0 atom stereocenters. The van der Waals surface area contributed by atoms with Gasteiger partial charge in [0.1, 0.15) is 5.75 Å². The number of carbonyl (C=O) groups is 2. The molecule has 9 rings (SSSR count). The van der Waals surface area contributed by atoms with Crippen molar-refractivity contribution in [1.82, 2.24) is 15.2 Å². The van der Waals surface area contributed by atoms with Crippen molar-refractivity contribution >= 4 is 28.3 Å². The summed E-state index contributed by atoms with van der Waals surface area (Å²) in [6, 6.07) is 21.4. The first-order valence-electron chi connectivity index (χ1n) is 16.5. The Morgan fingerprint density at radius 2 is 1.49 bits per heavy atom. The maximum Gasteiger partial charge on any atom is 0.254 e. The van der Waals surface area contributed by atoms with Gasteiger partial charge in [0.05, 0.1) is 6.20 Å². The van der Waals surface area contributed by atoms with Crippen molar-refractivity contribution in [3.8, 4) is 16.9 Å². The van der Waals surface area contributed by atoms with Gasteiger partial charge in [-0.25, -0.2) is 0 Å². The molecule has 1 saturated heterocycles. The number of carbonyl (C=O) groups excluding carboxylic acids is 2. The SMILES string of the molecule is O=C(NCC12CC3CC(CC(C3)C1)C2)c1ccc(N2CCN(C(=O)c3ccc(-c4cncc(O)c4)c4ccccc34)CC2)cc1. The number of hydrogen-bond acceptors (Lipinski definition) is 5. The molecule has 2 amide bonds. The molecule has 7 heteroatoms. The number of pyridine rings is 1. The molecule has 5 aliphatic rings. The predicted octanol–water partition coefficient (Wildman–Crippen LogP) is 6.52. The second-order valence-corrected chi connectivity index (χ2v) is 14.1. The van der Waals surface area contributed by atoms with Gasteiger partial charge in [-0.05, 0) is 114 Å². The highest BCUT2D eigenvalue weighted by Gasteiger charge is 2.50. The van der Waals surface area contributed by atoms with Gasteiger partial charge in [0.15, 0.2) is 0 Å². The van der Waals surface area contributed by atoms with Crippen LogP contribution in [-0.4, -0.2) is 59.5 Å². The summed E-state index contributed by atoms with van der Waals surface area (Å²) in [6.07, 6.45) is 11.3. The minimum atomic E-state index is 0.0254.